The van der Waals surface area contributed by atoms with Gasteiger partial charge in [0.2, 0.25) is 0 Å². The van der Waals surface area contributed by atoms with Crippen LogP contribution in [0.3, 0.4) is 0 Å². The number of nitrogens with zero attached hydrogens (tertiary/aromatic N) is 2. The zero-order valence-corrected chi connectivity index (χ0v) is 10.7. The number of aromatic nitrogens is 2. The average Bonchev–Trinajstić information content (AvgIpc) is 2.74. The molecular formula is C12H11N3O5. The number of benzene rings is 1. The summed E-state index contributed by atoms with van der Waals surface area (Å²) in [5.74, 6) is -0.684. The molecule has 0 bridgehead atoms. The molecule has 2 rings (SSSR count). The van der Waals surface area contributed by atoms with Crippen LogP contribution in [0.2, 0.25) is 0 Å². The van der Waals surface area contributed by atoms with Gasteiger partial charge in [0.05, 0.1) is 17.6 Å². The first-order chi connectivity index (χ1) is 9.45. The summed E-state index contributed by atoms with van der Waals surface area (Å²) >= 11 is 0. The predicted molar refractivity (Wildman–Crippen MR) is 69.5 cm³/mol. The molecule has 1 heterocycles. The molecular weight excluding hydrogens is 266 g/mol. The van der Waals surface area contributed by atoms with Gasteiger partial charge in [-0.3, -0.25) is 24.7 Å². The minimum absolute atomic E-state index is 0.00820. The van der Waals surface area contributed by atoms with Gasteiger partial charge >= 0.3 is 5.97 Å². The molecule has 20 heavy (non-hydrogen) atoms. The van der Waals surface area contributed by atoms with Crippen molar-refractivity contribution < 1.29 is 14.5 Å². The number of H-pyrrole nitrogens is 1. The number of nitro groups is 1. The van der Waals surface area contributed by atoms with Crippen LogP contribution >= 0.6 is 0 Å². The molecule has 104 valence electrons. The van der Waals surface area contributed by atoms with Gasteiger partial charge in [-0.2, -0.15) is 0 Å². The lowest BCUT2D eigenvalue weighted by Gasteiger charge is -2.00. The van der Waals surface area contributed by atoms with Gasteiger partial charge in [0.1, 0.15) is 0 Å². The molecule has 0 aliphatic heterocycles. The van der Waals surface area contributed by atoms with E-state index in [1.54, 1.807) is 0 Å². The van der Waals surface area contributed by atoms with Crippen LogP contribution in [0, 0.1) is 10.1 Å². The number of carbonyl (C=O) groups excluding carboxylic acids is 1. The van der Waals surface area contributed by atoms with E-state index in [2.05, 4.69) is 9.84 Å². The summed E-state index contributed by atoms with van der Waals surface area (Å²) in [6.07, 6.45) is 0. The number of esters is 1. The molecule has 8 nitrogen and oxygen atoms in total. The fraction of sp³-hybridized carbons (Fsp3) is 0.167. The maximum atomic E-state index is 12.0. The van der Waals surface area contributed by atoms with Gasteiger partial charge < -0.3 is 4.74 Å². The second-order valence-corrected chi connectivity index (χ2v) is 4.02. The molecule has 0 atom stereocenters. The Morgan fingerprint density at radius 2 is 1.95 bits per heavy atom. The Labute approximate surface area is 112 Å². The van der Waals surface area contributed by atoms with E-state index < -0.39 is 16.5 Å². The smallest absolute Gasteiger partial charge is 0.356 e. The number of carbonyl (C=O) groups is 1. The highest BCUT2D eigenvalue weighted by molar-refractivity contribution is 5.95. The maximum Gasteiger partial charge on any atom is 0.356 e. The summed E-state index contributed by atoms with van der Waals surface area (Å²) in [5.41, 5.74) is 0.0148. The Bertz CT molecular complexity index is 727. The van der Waals surface area contributed by atoms with E-state index in [0.29, 0.717) is 5.56 Å². The second kappa shape index (κ2) is 5.00. The van der Waals surface area contributed by atoms with Crippen LogP contribution in [0.15, 0.2) is 29.1 Å². The molecule has 0 amide bonds. The van der Waals surface area contributed by atoms with Crippen molar-refractivity contribution in [1.29, 1.82) is 0 Å². The van der Waals surface area contributed by atoms with Gasteiger partial charge in [0, 0.05) is 19.2 Å². The summed E-state index contributed by atoms with van der Waals surface area (Å²) in [4.78, 5) is 33.7. The first kappa shape index (κ1) is 13.5. The number of nitrogens with one attached hydrogen (secondary N) is 1. The van der Waals surface area contributed by atoms with Crippen LogP contribution in [-0.2, 0) is 11.8 Å². The first-order valence-corrected chi connectivity index (χ1v) is 5.58. The lowest BCUT2D eigenvalue weighted by molar-refractivity contribution is -0.384. The number of rotatable bonds is 3. The largest absolute Gasteiger partial charge is 0.464 e. The number of nitro benzene ring substituents is 1. The molecule has 0 aliphatic carbocycles. The van der Waals surface area contributed by atoms with Crippen molar-refractivity contribution in [3.05, 3.63) is 50.4 Å². The lowest BCUT2D eigenvalue weighted by atomic mass is 10.1. The SMILES string of the molecule is COC(=O)c1[nH]n(C)c(=O)c1-c1ccc([N+](=O)[O-])cc1. The fourth-order valence-corrected chi connectivity index (χ4v) is 1.82. The number of methoxy groups -OCH3 is 1. The van der Waals surface area contributed by atoms with Crippen molar-refractivity contribution in [2.45, 2.75) is 0 Å². The Hall–Kier alpha value is -2.90. The molecule has 0 saturated heterocycles. The highest BCUT2D eigenvalue weighted by Gasteiger charge is 2.21. The highest BCUT2D eigenvalue weighted by Crippen LogP contribution is 2.22. The van der Waals surface area contributed by atoms with Crippen molar-refractivity contribution in [3.63, 3.8) is 0 Å². The number of non-ortho nitro benzene ring substituents is 1. The Morgan fingerprint density at radius 1 is 1.35 bits per heavy atom. The molecule has 1 aromatic carbocycles. The average molecular weight is 277 g/mol. The maximum absolute atomic E-state index is 12.0. The third-order valence-electron chi connectivity index (χ3n) is 2.80. The number of aryl methyl sites for hydroxylation is 1. The molecule has 0 fully saturated rings. The number of ether oxygens (including phenoxy) is 1. The van der Waals surface area contributed by atoms with Crippen molar-refractivity contribution in [3.8, 4) is 11.1 Å². The summed E-state index contributed by atoms with van der Waals surface area (Å²) in [6.45, 7) is 0. The van der Waals surface area contributed by atoms with Gasteiger partial charge in [-0.15, -0.1) is 0 Å². The summed E-state index contributed by atoms with van der Waals surface area (Å²) in [7, 11) is 2.66. The molecule has 0 radical (unpaired) electrons. The molecule has 2 aromatic rings. The van der Waals surface area contributed by atoms with E-state index in [1.807, 2.05) is 0 Å². The van der Waals surface area contributed by atoms with Crippen molar-refractivity contribution >= 4 is 11.7 Å². The Kier molecular flexibility index (Phi) is 3.38. The fourth-order valence-electron chi connectivity index (χ4n) is 1.82. The number of hydrogen-bond acceptors (Lipinski definition) is 5. The van der Waals surface area contributed by atoms with E-state index in [0.717, 1.165) is 4.68 Å². The van der Waals surface area contributed by atoms with Gasteiger partial charge in [-0.1, -0.05) is 0 Å². The Morgan fingerprint density at radius 3 is 2.45 bits per heavy atom. The van der Waals surface area contributed by atoms with Crippen molar-refractivity contribution in [2.75, 3.05) is 7.11 Å². The summed E-state index contributed by atoms with van der Waals surface area (Å²) < 4.78 is 5.74. The van der Waals surface area contributed by atoms with E-state index >= 15 is 0 Å². The van der Waals surface area contributed by atoms with Crippen LogP contribution in [0.4, 0.5) is 5.69 Å². The highest BCUT2D eigenvalue weighted by atomic mass is 16.6. The van der Waals surface area contributed by atoms with Gasteiger partial charge in [0.15, 0.2) is 5.69 Å². The van der Waals surface area contributed by atoms with E-state index in [9.17, 15) is 19.7 Å². The summed E-state index contributed by atoms with van der Waals surface area (Å²) in [5, 5.41) is 13.2. The van der Waals surface area contributed by atoms with E-state index in [-0.39, 0.29) is 16.9 Å². The lowest BCUT2D eigenvalue weighted by Crippen LogP contribution is -2.13. The van der Waals surface area contributed by atoms with Crippen molar-refractivity contribution in [1.82, 2.24) is 9.78 Å². The van der Waals surface area contributed by atoms with Crippen LogP contribution in [0.25, 0.3) is 11.1 Å². The first-order valence-electron chi connectivity index (χ1n) is 5.58. The van der Waals surface area contributed by atoms with E-state index in [1.165, 1.54) is 38.4 Å². The van der Waals surface area contributed by atoms with Crippen LogP contribution < -0.4 is 5.56 Å². The predicted octanol–water partition coefficient (Wildman–Crippen LogP) is 1.08. The third-order valence-corrected chi connectivity index (χ3v) is 2.80. The molecule has 0 spiro atoms. The minimum Gasteiger partial charge on any atom is -0.464 e. The molecule has 1 N–H and O–H groups in total. The van der Waals surface area contributed by atoms with Gasteiger partial charge in [0.25, 0.3) is 11.2 Å². The van der Waals surface area contributed by atoms with Gasteiger partial charge in [-0.05, 0) is 17.7 Å². The van der Waals surface area contributed by atoms with E-state index in [4.69, 9.17) is 0 Å². The molecule has 8 heteroatoms. The monoisotopic (exact) mass is 277 g/mol. The molecule has 0 saturated carbocycles. The minimum atomic E-state index is -0.684. The van der Waals surface area contributed by atoms with Crippen molar-refractivity contribution in [2.24, 2.45) is 7.05 Å². The number of aromatic amines is 1. The Balaban J connectivity index is 2.60. The van der Waals surface area contributed by atoms with Gasteiger partial charge in [-0.25, -0.2) is 4.79 Å². The molecule has 0 aliphatic rings. The molecule has 1 aromatic heterocycles. The molecule has 0 unspecified atom stereocenters. The second-order valence-electron chi connectivity index (χ2n) is 4.02. The van der Waals surface area contributed by atoms with Crippen LogP contribution in [0.1, 0.15) is 10.5 Å². The normalized spacial score (nSPS) is 10.3. The zero-order chi connectivity index (χ0) is 14.9. The van der Waals surface area contributed by atoms with Crippen LogP contribution in [-0.4, -0.2) is 27.8 Å². The quantitative estimate of drug-likeness (QED) is 0.513. The third kappa shape index (κ3) is 2.18. The number of hydrogen-bond donors (Lipinski definition) is 1. The van der Waals surface area contributed by atoms with Crippen LogP contribution in [0.5, 0.6) is 0 Å². The topological polar surface area (TPSA) is 107 Å². The zero-order valence-electron chi connectivity index (χ0n) is 10.7. The summed E-state index contributed by atoms with van der Waals surface area (Å²) in [6, 6.07) is 5.36. The standard InChI is InChI=1S/C12H11N3O5/c1-14-11(16)9(10(13-14)12(17)20-2)7-3-5-8(6-4-7)15(18)19/h3-6,13H,1-2H3.